The second-order valence-corrected chi connectivity index (χ2v) is 7.89. The summed E-state index contributed by atoms with van der Waals surface area (Å²) in [5.74, 6) is -0.145. The number of likely N-dealkylation sites (tertiary alicyclic amines) is 1. The predicted octanol–water partition coefficient (Wildman–Crippen LogP) is 4.13. The van der Waals surface area contributed by atoms with Crippen molar-refractivity contribution in [3.63, 3.8) is 0 Å². The van der Waals surface area contributed by atoms with Crippen molar-refractivity contribution in [3.05, 3.63) is 63.6 Å². The summed E-state index contributed by atoms with van der Waals surface area (Å²) in [6.45, 7) is 0.897. The number of carbonyl (C=O) groups excluding carboxylic acids is 2. The maximum atomic E-state index is 12.8. The van der Waals surface area contributed by atoms with Crippen LogP contribution in [0.3, 0.4) is 0 Å². The van der Waals surface area contributed by atoms with E-state index in [0.29, 0.717) is 28.8 Å². The third-order valence-corrected chi connectivity index (χ3v) is 5.55. The summed E-state index contributed by atoms with van der Waals surface area (Å²) in [7, 11) is 0. The number of nitrogens with two attached hydrogens (primary N) is 1. The Hall–Kier alpha value is -2.44. The van der Waals surface area contributed by atoms with Gasteiger partial charge < -0.3 is 21.3 Å². The molecule has 6 nitrogen and oxygen atoms in total. The molecule has 2 aromatic carbocycles. The number of nitrogens with zero attached hydrogens (tertiary/aromatic N) is 1. The van der Waals surface area contributed by atoms with Gasteiger partial charge in [0.2, 0.25) is 5.91 Å². The second kappa shape index (κ2) is 9.85. The van der Waals surface area contributed by atoms with Gasteiger partial charge in [0.25, 0.3) is 0 Å². The quantitative estimate of drug-likeness (QED) is 0.618. The number of hydrogen-bond donors (Lipinski definition) is 3. The molecule has 0 spiro atoms. The van der Waals surface area contributed by atoms with Crippen LogP contribution in [-0.4, -0.2) is 29.9 Å². The minimum atomic E-state index is -0.399. The molecule has 1 aliphatic heterocycles. The summed E-state index contributed by atoms with van der Waals surface area (Å²) in [4.78, 5) is 26.6. The Balaban J connectivity index is 1.56. The Labute approximate surface area is 180 Å². The lowest BCUT2D eigenvalue weighted by Crippen LogP contribution is -2.46. The lowest BCUT2D eigenvalue weighted by Gasteiger charge is -2.36. The summed E-state index contributed by atoms with van der Waals surface area (Å²) in [6, 6.07) is 12.0. The fourth-order valence-corrected chi connectivity index (χ4v) is 3.89. The van der Waals surface area contributed by atoms with Gasteiger partial charge in [0, 0.05) is 28.8 Å². The molecule has 1 unspecified atom stereocenters. The molecule has 154 valence electrons. The van der Waals surface area contributed by atoms with Gasteiger partial charge in [-0.05, 0) is 60.7 Å². The number of halogens is 2. The van der Waals surface area contributed by atoms with Crippen LogP contribution in [-0.2, 0) is 11.3 Å². The van der Waals surface area contributed by atoms with Gasteiger partial charge in [-0.15, -0.1) is 0 Å². The van der Waals surface area contributed by atoms with Crippen molar-refractivity contribution in [2.75, 3.05) is 18.8 Å². The molecule has 0 aliphatic carbocycles. The van der Waals surface area contributed by atoms with Crippen LogP contribution >= 0.6 is 23.2 Å². The van der Waals surface area contributed by atoms with Crippen molar-refractivity contribution in [3.8, 4) is 0 Å². The van der Waals surface area contributed by atoms with Crippen molar-refractivity contribution < 1.29 is 9.59 Å². The Morgan fingerprint density at radius 2 is 1.83 bits per heavy atom. The van der Waals surface area contributed by atoms with E-state index in [0.717, 1.165) is 30.4 Å². The largest absolute Gasteiger partial charge is 0.399 e. The molecule has 29 heavy (non-hydrogen) atoms. The van der Waals surface area contributed by atoms with Crippen LogP contribution in [0.4, 0.5) is 10.5 Å². The topological polar surface area (TPSA) is 87.5 Å². The first-order chi connectivity index (χ1) is 13.9. The average Bonchev–Trinajstić information content (AvgIpc) is 2.73. The first-order valence-corrected chi connectivity index (χ1v) is 10.3. The van der Waals surface area contributed by atoms with Crippen LogP contribution in [0.15, 0.2) is 42.5 Å². The molecule has 1 heterocycles. The molecule has 1 fully saturated rings. The van der Waals surface area contributed by atoms with Gasteiger partial charge in [-0.1, -0.05) is 35.3 Å². The highest BCUT2D eigenvalue weighted by Crippen LogP contribution is 2.36. The van der Waals surface area contributed by atoms with Crippen LogP contribution in [0.2, 0.25) is 10.0 Å². The molecule has 4 N–H and O–H groups in total. The highest BCUT2D eigenvalue weighted by molar-refractivity contribution is 6.33. The zero-order chi connectivity index (χ0) is 20.8. The van der Waals surface area contributed by atoms with E-state index in [1.54, 1.807) is 29.2 Å². The molecule has 0 saturated carbocycles. The van der Waals surface area contributed by atoms with Crippen LogP contribution in [0.1, 0.15) is 36.4 Å². The van der Waals surface area contributed by atoms with Gasteiger partial charge in [-0.2, -0.15) is 0 Å². The van der Waals surface area contributed by atoms with Gasteiger partial charge in [-0.25, -0.2) is 4.79 Å². The van der Waals surface area contributed by atoms with E-state index in [1.165, 1.54) is 0 Å². The van der Waals surface area contributed by atoms with Crippen LogP contribution in [0.25, 0.3) is 0 Å². The monoisotopic (exact) mass is 434 g/mol. The minimum Gasteiger partial charge on any atom is -0.399 e. The number of anilines is 1. The van der Waals surface area contributed by atoms with E-state index in [1.807, 2.05) is 18.2 Å². The zero-order valence-corrected chi connectivity index (χ0v) is 17.5. The fourth-order valence-electron chi connectivity index (χ4n) is 3.46. The summed E-state index contributed by atoms with van der Waals surface area (Å²) in [5.41, 5.74) is 8.08. The third kappa shape index (κ3) is 5.78. The number of urea groups is 1. The predicted molar refractivity (Wildman–Crippen MR) is 116 cm³/mol. The van der Waals surface area contributed by atoms with Crippen LogP contribution < -0.4 is 16.4 Å². The van der Waals surface area contributed by atoms with E-state index in [-0.39, 0.29) is 18.5 Å². The van der Waals surface area contributed by atoms with E-state index in [4.69, 9.17) is 28.9 Å². The van der Waals surface area contributed by atoms with E-state index >= 15 is 0 Å². The molecule has 1 aliphatic rings. The summed E-state index contributed by atoms with van der Waals surface area (Å²) in [6.07, 6.45) is 2.74. The number of benzene rings is 2. The SMILES string of the molecule is Nc1ccc(CNC(=O)NCC(=O)N2CCCCC2c2cc(Cl)ccc2Cl)cc1. The van der Waals surface area contributed by atoms with E-state index < -0.39 is 6.03 Å². The van der Waals surface area contributed by atoms with Crippen LogP contribution in [0, 0.1) is 0 Å². The number of piperidine rings is 1. The summed E-state index contributed by atoms with van der Waals surface area (Å²) in [5, 5.41) is 6.55. The smallest absolute Gasteiger partial charge is 0.315 e. The number of rotatable bonds is 5. The summed E-state index contributed by atoms with van der Waals surface area (Å²) >= 11 is 12.5. The molecule has 0 aromatic heterocycles. The highest BCUT2D eigenvalue weighted by atomic mass is 35.5. The summed E-state index contributed by atoms with van der Waals surface area (Å²) < 4.78 is 0. The first-order valence-electron chi connectivity index (χ1n) is 9.54. The zero-order valence-electron chi connectivity index (χ0n) is 16.0. The standard InChI is InChI=1S/C21H24Cl2N4O2/c22-15-6-9-18(23)17(11-15)19-3-1-2-10-27(19)20(28)13-26-21(29)25-12-14-4-7-16(24)8-5-14/h4-9,11,19H,1-3,10,12-13,24H2,(H2,25,26,29). The lowest BCUT2D eigenvalue weighted by molar-refractivity contribution is -0.133. The maximum absolute atomic E-state index is 12.8. The first kappa shape index (κ1) is 21.3. The normalized spacial score (nSPS) is 16.3. The van der Waals surface area contributed by atoms with Gasteiger partial charge in [-0.3, -0.25) is 4.79 Å². The highest BCUT2D eigenvalue weighted by Gasteiger charge is 2.29. The maximum Gasteiger partial charge on any atom is 0.315 e. The van der Waals surface area contributed by atoms with E-state index in [2.05, 4.69) is 10.6 Å². The lowest BCUT2D eigenvalue weighted by atomic mass is 9.95. The number of amides is 3. The van der Waals surface area contributed by atoms with Crippen molar-refractivity contribution in [2.24, 2.45) is 0 Å². The number of nitrogen functional groups attached to an aromatic ring is 1. The van der Waals surface area contributed by atoms with Crippen molar-refractivity contribution in [2.45, 2.75) is 31.8 Å². The molecule has 2 aromatic rings. The molecule has 0 radical (unpaired) electrons. The van der Waals surface area contributed by atoms with E-state index in [9.17, 15) is 9.59 Å². The van der Waals surface area contributed by atoms with Crippen molar-refractivity contribution in [1.29, 1.82) is 0 Å². The second-order valence-electron chi connectivity index (χ2n) is 7.04. The Kier molecular flexibility index (Phi) is 7.23. The Morgan fingerprint density at radius 3 is 2.59 bits per heavy atom. The van der Waals surface area contributed by atoms with Gasteiger partial charge >= 0.3 is 6.03 Å². The van der Waals surface area contributed by atoms with Crippen LogP contribution in [0.5, 0.6) is 0 Å². The van der Waals surface area contributed by atoms with Gasteiger partial charge in [0.15, 0.2) is 0 Å². The fraction of sp³-hybridized carbons (Fsp3) is 0.333. The molecular formula is C21H24Cl2N4O2. The average molecular weight is 435 g/mol. The molecule has 1 saturated heterocycles. The Bertz CT molecular complexity index is 873. The molecule has 8 heteroatoms. The number of nitrogens with one attached hydrogen (secondary N) is 2. The molecule has 0 bridgehead atoms. The van der Waals surface area contributed by atoms with Crippen molar-refractivity contribution >= 4 is 40.8 Å². The minimum absolute atomic E-state index is 0.0811. The number of carbonyl (C=O) groups is 2. The number of hydrogen-bond acceptors (Lipinski definition) is 3. The Morgan fingerprint density at radius 1 is 1.07 bits per heavy atom. The van der Waals surface area contributed by atoms with Gasteiger partial charge in [0.1, 0.15) is 0 Å². The third-order valence-electron chi connectivity index (χ3n) is 4.97. The molecule has 3 amide bonds. The molecular weight excluding hydrogens is 411 g/mol. The van der Waals surface area contributed by atoms with Crippen molar-refractivity contribution in [1.82, 2.24) is 15.5 Å². The molecule has 1 atom stereocenters. The van der Waals surface area contributed by atoms with Gasteiger partial charge in [0.05, 0.1) is 12.6 Å². The molecule has 3 rings (SSSR count).